The zero-order valence-corrected chi connectivity index (χ0v) is 18.8. The molecule has 162 valence electrons. The second-order valence-electron chi connectivity index (χ2n) is 8.51. The predicted octanol–water partition coefficient (Wildman–Crippen LogP) is 7.83. The summed E-state index contributed by atoms with van der Waals surface area (Å²) in [4.78, 5) is 0. The predicted molar refractivity (Wildman–Crippen MR) is 122 cm³/mol. The second kappa shape index (κ2) is 17.0. The third-order valence-electron chi connectivity index (χ3n) is 5.95. The fraction of sp³-hybridized carbons (Fsp3) is 0.769. The Morgan fingerprint density at radius 3 is 1.82 bits per heavy atom. The van der Waals surface area contributed by atoms with Gasteiger partial charge in [-0.05, 0) is 31.2 Å². The van der Waals surface area contributed by atoms with Crippen molar-refractivity contribution in [2.24, 2.45) is 0 Å². The molecule has 0 spiro atoms. The minimum Gasteiger partial charge on any atom is -0.390 e. The lowest BCUT2D eigenvalue weighted by Crippen LogP contribution is -2.28. The van der Waals surface area contributed by atoms with Crippen LogP contribution in [0.5, 0.6) is 0 Å². The molecule has 1 aromatic carbocycles. The number of benzene rings is 1. The summed E-state index contributed by atoms with van der Waals surface area (Å²) < 4.78 is 5.76. The number of unbranched alkanes of at least 4 members (excludes halogenated alkanes) is 10. The maximum Gasteiger partial charge on any atom is 0.0716 e. The van der Waals surface area contributed by atoms with Gasteiger partial charge in [-0.3, -0.25) is 0 Å². The van der Waals surface area contributed by atoms with Crippen molar-refractivity contribution in [1.82, 2.24) is 0 Å². The monoisotopic (exact) mass is 390 g/mol. The Bertz CT molecular complexity index is 445. The number of aliphatic hydroxyl groups is 1. The first-order chi connectivity index (χ1) is 13.7. The van der Waals surface area contributed by atoms with Crippen LogP contribution in [0.4, 0.5) is 0 Å². The van der Waals surface area contributed by atoms with E-state index in [9.17, 15) is 5.11 Å². The number of hydrogen-bond acceptors (Lipinski definition) is 2. The van der Waals surface area contributed by atoms with Crippen LogP contribution in [0.15, 0.2) is 30.3 Å². The van der Waals surface area contributed by atoms with E-state index in [2.05, 4.69) is 26.0 Å². The van der Waals surface area contributed by atoms with Crippen LogP contribution in [0, 0.1) is 0 Å². The molecule has 2 heteroatoms. The second-order valence-corrected chi connectivity index (χ2v) is 8.51. The van der Waals surface area contributed by atoms with Crippen LogP contribution in [-0.4, -0.2) is 17.3 Å². The average Bonchev–Trinajstić information content (AvgIpc) is 2.72. The van der Waals surface area contributed by atoms with Crippen molar-refractivity contribution in [3.63, 3.8) is 0 Å². The van der Waals surface area contributed by atoms with Gasteiger partial charge < -0.3 is 9.84 Å². The molecule has 0 saturated heterocycles. The number of ether oxygens (including phenoxy) is 1. The lowest BCUT2D eigenvalue weighted by atomic mass is 9.88. The first-order valence-electron chi connectivity index (χ1n) is 12.0. The van der Waals surface area contributed by atoms with Gasteiger partial charge in [0.1, 0.15) is 0 Å². The van der Waals surface area contributed by atoms with Crippen molar-refractivity contribution in [2.45, 2.75) is 122 Å². The Balaban J connectivity index is 1.97. The average molecular weight is 391 g/mol. The van der Waals surface area contributed by atoms with Gasteiger partial charge in [0, 0.05) is 6.61 Å². The molecule has 0 aliphatic carbocycles. The Morgan fingerprint density at radius 2 is 1.25 bits per heavy atom. The molecule has 0 aliphatic heterocycles. The van der Waals surface area contributed by atoms with E-state index >= 15 is 0 Å². The number of hydrogen-bond donors (Lipinski definition) is 1. The first kappa shape index (κ1) is 25.2. The fourth-order valence-electron chi connectivity index (χ4n) is 3.86. The molecule has 1 atom stereocenters. The number of rotatable bonds is 19. The molecule has 0 radical (unpaired) electrons. The van der Waals surface area contributed by atoms with E-state index in [0.29, 0.717) is 6.61 Å². The molecule has 0 saturated carbocycles. The van der Waals surface area contributed by atoms with Crippen LogP contribution in [0.2, 0.25) is 0 Å². The normalized spacial score (nSPS) is 13.5. The van der Waals surface area contributed by atoms with Crippen molar-refractivity contribution in [2.75, 3.05) is 6.61 Å². The lowest BCUT2D eigenvalue weighted by molar-refractivity contribution is 0.00469. The third kappa shape index (κ3) is 13.3. The van der Waals surface area contributed by atoms with Crippen LogP contribution in [-0.2, 0) is 11.3 Å². The van der Waals surface area contributed by atoms with Gasteiger partial charge in [-0.25, -0.2) is 0 Å². The standard InChI is InChI=1S/C26H46O2/c1-3-5-6-7-8-9-10-11-12-13-17-21-26(27,4-2)22-18-23-28-24-25-19-15-14-16-20-25/h14-16,19-20,27H,3-13,17-18,21-24H2,1-2H3. The minimum absolute atomic E-state index is 0.491. The summed E-state index contributed by atoms with van der Waals surface area (Å²) in [6.07, 6.45) is 18.5. The summed E-state index contributed by atoms with van der Waals surface area (Å²) in [6, 6.07) is 10.3. The third-order valence-corrected chi connectivity index (χ3v) is 5.95. The van der Waals surface area contributed by atoms with E-state index in [1.807, 2.05) is 18.2 Å². The van der Waals surface area contributed by atoms with E-state index in [4.69, 9.17) is 4.74 Å². The first-order valence-corrected chi connectivity index (χ1v) is 12.0. The largest absolute Gasteiger partial charge is 0.390 e. The van der Waals surface area contributed by atoms with Gasteiger partial charge in [-0.15, -0.1) is 0 Å². The molecule has 0 bridgehead atoms. The van der Waals surface area contributed by atoms with Crippen molar-refractivity contribution < 1.29 is 9.84 Å². The van der Waals surface area contributed by atoms with E-state index in [1.54, 1.807) is 0 Å². The highest BCUT2D eigenvalue weighted by atomic mass is 16.5. The molecule has 0 amide bonds. The summed E-state index contributed by atoms with van der Waals surface area (Å²) in [5.41, 5.74) is 0.726. The quantitative estimate of drug-likeness (QED) is 0.244. The van der Waals surface area contributed by atoms with E-state index < -0.39 is 5.60 Å². The van der Waals surface area contributed by atoms with Gasteiger partial charge in [-0.1, -0.05) is 115 Å². The summed E-state index contributed by atoms with van der Waals surface area (Å²) in [6.45, 7) is 5.79. The molecule has 1 unspecified atom stereocenters. The maximum absolute atomic E-state index is 10.8. The zero-order valence-electron chi connectivity index (χ0n) is 18.8. The Kier molecular flexibility index (Phi) is 15.3. The Hall–Kier alpha value is -0.860. The fourth-order valence-corrected chi connectivity index (χ4v) is 3.86. The molecule has 1 aromatic rings. The molecule has 28 heavy (non-hydrogen) atoms. The SMILES string of the molecule is CCCCCCCCCCCCCC(O)(CC)CCCOCc1ccccc1. The highest BCUT2D eigenvalue weighted by Crippen LogP contribution is 2.25. The molecular weight excluding hydrogens is 344 g/mol. The molecule has 0 heterocycles. The smallest absolute Gasteiger partial charge is 0.0716 e. The van der Waals surface area contributed by atoms with Gasteiger partial charge in [0.2, 0.25) is 0 Å². The summed E-state index contributed by atoms with van der Waals surface area (Å²) in [5.74, 6) is 0. The van der Waals surface area contributed by atoms with Crippen LogP contribution < -0.4 is 0 Å². The van der Waals surface area contributed by atoms with Gasteiger partial charge >= 0.3 is 0 Å². The highest BCUT2D eigenvalue weighted by molar-refractivity contribution is 5.13. The van der Waals surface area contributed by atoms with Crippen LogP contribution in [0.1, 0.15) is 116 Å². The molecule has 1 N–H and O–H groups in total. The van der Waals surface area contributed by atoms with Crippen LogP contribution >= 0.6 is 0 Å². The topological polar surface area (TPSA) is 29.5 Å². The van der Waals surface area contributed by atoms with Gasteiger partial charge in [-0.2, -0.15) is 0 Å². The summed E-state index contributed by atoms with van der Waals surface area (Å²) in [7, 11) is 0. The molecular formula is C26H46O2. The van der Waals surface area contributed by atoms with Crippen molar-refractivity contribution >= 4 is 0 Å². The van der Waals surface area contributed by atoms with E-state index in [-0.39, 0.29) is 0 Å². The molecule has 0 aliphatic rings. The van der Waals surface area contributed by atoms with Gasteiger partial charge in [0.25, 0.3) is 0 Å². The Labute approximate surface area is 175 Å². The Morgan fingerprint density at radius 1 is 0.714 bits per heavy atom. The van der Waals surface area contributed by atoms with Crippen LogP contribution in [0.25, 0.3) is 0 Å². The maximum atomic E-state index is 10.8. The van der Waals surface area contributed by atoms with E-state index in [0.717, 1.165) is 38.7 Å². The highest BCUT2D eigenvalue weighted by Gasteiger charge is 2.23. The summed E-state index contributed by atoms with van der Waals surface area (Å²) >= 11 is 0. The molecule has 0 aromatic heterocycles. The van der Waals surface area contributed by atoms with Crippen molar-refractivity contribution in [3.8, 4) is 0 Å². The molecule has 2 nitrogen and oxygen atoms in total. The van der Waals surface area contributed by atoms with Gasteiger partial charge in [0.05, 0.1) is 12.2 Å². The van der Waals surface area contributed by atoms with Crippen molar-refractivity contribution in [1.29, 1.82) is 0 Å². The van der Waals surface area contributed by atoms with Crippen LogP contribution in [0.3, 0.4) is 0 Å². The molecule has 1 rings (SSSR count). The van der Waals surface area contributed by atoms with Gasteiger partial charge in [0.15, 0.2) is 0 Å². The minimum atomic E-state index is -0.491. The molecule has 0 fully saturated rings. The summed E-state index contributed by atoms with van der Waals surface area (Å²) in [5, 5.41) is 10.8. The zero-order chi connectivity index (χ0) is 20.3. The van der Waals surface area contributed by atoms with E-state index in [1.165, 1.54) is 69.8 Å². The van der Waals surface area contributed by atoms with Crippen molar-refractivity contribution in [3.05, 3.63) is 35.9 Å². The lowest BCUT2D eigenvalue weighted by Gasteiger charge is -2.27.